The average molecular weight is 394 g/mol. The zero-order chi connectivity index (χ0) is 20.4. The van der Waals surface area contributed by atoms with Crippen molar-refractivity contribution in [1.82, 2.24) is 25.1 Å². The number of phenolic OH excluding ortho intramolecular Hbond substituents is 1. The first-order chi connectivity index (χ1) is 14.0. The van der Waals surface area contributed by atoms with Gasteiger partial charge in [0.05, 0.1) is 0 Å². The first-order valence-corrected chi connectivity index (χ1v) is 10.1. The van der Waals surface area contributed by atoms with Crippen molar-refractivity contribution < 1.29 is 9.90 Å². The maximum Gasteiger partial charge on any atom is 0.217 e. The maximum atomic E-state index is 11.5. The van der Waals surface area contributed by atoms with Gasteiger partial charge in [0.1, 0.15) is 11.6 Å². The third-order valence-corrected chi connectivity index (χ3v) is 5.56. The van der Waals surface area contributed by atoms with E-state index in [4.69, 9.17) is 5.10 Å². The molecule has 2 aromatic heterocycles. The summed E-state index contributed by atoms with van der Waals surface area (Å²) in [7, 11) is 0. The number of aromatic hydroxyl groups is 1. The van der Waals surface area contributed by atoms with Crippen LogP contribution in [0.1, 0.15) is 56.8 Å². The second-order valence-corrected chi connectivity index (χ2v) is 7.70. The monoisotopic (exact) mass is 394 g/mol. The first-order valence-electron chi connectivity index (χ1n) is 10.1. The maximum absolute atomic E-state index is 11.5. The average Bonchev–Trinajstić information content (AvgIpc) is 3.12. The Morgan fingerprint density at radius 3 is 2.55 bits per heavy atom. The topological polar surface area (TPSA) is 104 Å². The summed E-state index contributed by atoms with van der Waals surface area (Å²) < 4.78 is 1.76. The Balaban J connectivity index is 1.59. The van der Waals surface area contributed by atoms with Crippen molar-refractivity contribution in [2.75, 3.05) is 5.32 Å². The number of amides is 1. The molecule has 0 spiro atoms. The molecular formula is C21H26N6O2. The molecule has 1 fully saturated rings. The Kier molecular flexibility index (Phi) is 5.33. The summed E-state index contributed by atoms with van der Waals surface area (Å²) >= 11 is 0. The number of aromatic nitrogens is 4. The summed E-state index contributed by atoms with van der Waals surface area (Å²) in [6.45, 7) is 3.60. The first kappa shape index (κ1) is 19.2. The molecule has 8 nitrogen and oxygen atoms in total. The number of anilines is 1. The number of hydrogen-bond donors (Lipinski definition) is 3. The molecule has 0 radical (unpaired) electrons. The van der Waals surface area contributed by atoms with Gasteiger partial charge in [0.15, 0.2) is 11.5 Å². The predicted octanol–water partition coefficient (Wildman–Crippen LogP) is 2.84. The molecule has 1 aliphatic carbocycles. The number of rotatable bonds is 5. The van der Waals surface area contributed by atoms with Gasteiger partial charge in [0.25, 0.3) is 0 Å². The minimum atomic E-state index is -0.0323. The van der Waals surface area contributed by atoms with Gasteiger partial charge in [0.2, 0.25) is 5.91 Å². The van der Waals surface area contributed by atoms with E-state index in [9.17, 15) is 9.90 Å². The molecule has 8 heteroatoms. The third-order valence-electron chi connectivity index (χ3n) is 5.56. The van der Waals surface area contributed by atoms with Crippen LogP contribution < -0.4 is 10.6 Å². The van der Waals surface area contributed by atoms with E-state index in [-0.39, 0.29) is 29.7 Å². The lowest BCUT2D eigenvalue weighted by Gasteiger charge is -2.32. The van der Waals surface area contributed by atoms with Crippen molar-refractivity contribution >= 4 is 17.4 Å². The molecule has 0 saturated heterocycles. The summed E-state index contributed by atoms with van der Waals surface area (Å²) in [6.07, 6.45) is 4.21. The standard InChI is InChI=1S/C21H26N6O2/c1-13(15-7-9-16(29)10-8-15)21-25-24-20-12-11-19(26-27(20)21)23-18-6-4-3-5-17(18)22-14(2)28/h7-13,17-18,29H,3-6H2,1-2H3,(H,22,28)(H,23,26)/t13-,17+,18-/m0/s1. The van der Waals surface area contributed by atoms with E-state index >= 15 is 0 Å². The Hall–Kier alpha value is -3.16. The molecular weight excluding hydrogens is 368 g/mol. The van der Waals surface area contributed by atoms with Gasteiger partial charge in [0, 0.05) is 24.9 Å². The number of nitrogens with one attached hydrogen (secondary N) is 2. The van der Waals surface area contributed by atoms with E-state index < -0.39 is 0 Å². The van der Waals surface area contributed by atoms with Crippen LogP contribution in [0.25, 0.3) is 5.65 Å². The minimum Gasteiger partial charge on any atom is -0.508 e. The van der Waals surface area contributed by atoms with Crippen molar-refractivity contribution in [1.29, 1.82) is 0 Å². The molecule has 1 aromatic carbocycles. The molecule has 3 aromatic rings. The molecule has 1 saturated carbocycles. The van der Waals surface area contributed by atoms with Crippen molar-refractivity contribution in [3.8, 4) is 5.75 Å². The van der Waals surface area contributed by atoms with Crippen LogP contribution in [0.5, 0.6) is 5.75 Å². The van der Waals surface area contributed by atoms with E-state index in [1.807, 2.05) is 31.2 Å². The third kappa shape index (κ3) is 4.16. The number of phenols is 1. The summed E-state index contributed by atoms with van der Waals surface area (Å²) in [5.41, 5.74) is 1.70. The number of carbonyl (C=O) groups excluding carboxylic acids is 1. The Morgan fingerprint density at radius 1 is 1.10 bits per heavy atom. The highest BCUT2D eigenvalue weighted by atomic mass is 16.3. The van der Waals surface area contributed by atoms with Gasteiger partial charge in [-0.05, 0) is 42.7 Å². The zero-order valence-electron chi connectivity index (χ0n) is 16.7. The Bertz CT molecular complexity index is 1000. The van der Waals surface area contributed by atoms with Crippen molar-refractivity contribution in [2.45, 2.75) is 57.5 Å². The van der Waals surface area contributed by atoms with E-state index in [0.29, 0.717) is 5.65 Å². The summed E-state index contributed by atoms with van der Waals surface area (Å²) in [5, 5.41) is 29.4. The Morgan fingerprint density at radius 2 is 1.83 bits per heavy atom. The molecule has 3 N–H and O–H groups in total. The van der Waals surface area contributed by atoms with E-state index in [1.165, 1.54) is 0 Å². The second-order valence-electron chi connectivity index (χ2n) is 7.70. The van der Waals surface area contributed by atoms with E-state index in [0.717, 1.165) is 42.9 Å². The van der Waals surface area contributed by atoms with Gasteiger partial charge in [-0.2, -0.15) is 4.52 Å². The van der Waals surface area contributed by atoms with Crippen LogP contribution in [0, 0.1) is 0 Å². The molecule has 0 bridgehead atoms. The predicted molar refractivity (Wildman–Crippen MR) is 110 cm³/mol. The lowest BCUT2D eigenvalue weighted by Crippen LogP contribution is -2.48. The summed E-state index contributed by atoms with van der Waals surface area (Å²) in [4.78, 5) is 11.5. The normalized spacial score (nSPS) is 20.3. The summed E-state index contributed by atoms with van der Waals surface area (Å²) in [5.74, 6) is 1.67. The fourth-order valence-electron chi connectivity index (χ4n) is 3.99. The molecule has 4 rings (SSSR count). The van der Waals surface area contributed by atoms with Crippen molar-refractivity contribution in [3.05, 3.63) is 47.8 Å². The lowest BCUT2D eigenvalue weighted by atomic mass is 9.90. The number of carbonyl (C=O) groups is 1. The quantitative estimate of drug-likeness (QED) is 0.615. The number of nitrogens with zero attached hydrogens (tertiary/aromatic N) is 4. The molecule has 2 heterocycles. The van der Waals surface area contributed by atoms with Gasteiger partial charge in [-0.1, -0.05) is 31.9 Å². The SMILES string of the molecule is CC(=O)N[C@@H]1CCCC[C@@H]1Nc1ccc2nnc([C@@H](C)c3ccc(O)cc3)n2n1. The highest BCUT2D eigenvalue weighted by Gasteiger charge is 2.26. The van der Waals surface area contributed by atoms with Crippen molar-refractivity contribution in [3.63, 3.8) is 0 Å². The molecule has 29 heavy (non-hydrogen) atoms. The molecule has 3 atom stereocenters. The molecule has 152 valence electrons. The molecule has 0 aliphatic heterocycles. The van der Waals surface area contributed by atoms with Gasteiger partial charge in [-0.15, -0.1) is 15.3 Å². The van der Waals surface area contributed by atoms with Crippen LogP contribution in [-0.4, -0.2) is 42.9 Å². The van der Waals surface area contributed by atoms with Crippen LogP contribution in [0.3, 0.4) is 0 Å². The minimum absolute atomic E-state index is 0.00377. The van der Waals surface area contributed by atoms with Crippen LogP contribution in [-0.2, 0) is 4.79 Å². The molecule has 0 unspecified atom stereocenters. The smallest absolute Gasteiger partial charge is 0.217 e. The highest BCUT2D eigenvalue weighted by molar-refractivity contribution is 5.73. The summed E-state index contributed by atoms with van der Waals surface area (Å²) in [6, 6.07) is 11.1. The van der Waals surface area contributed by atoms with Crippen molar-refractivity contribution in [2.24, 2.45) is 0 Å². The van der Waals surface area contributed by atoms with Crippen LogP contribution >= 0.6 is 0 Å². The Labute approximate surface area is 169 Å². The second kappa shape index (κ2) is 8.06. The van der Waals surface area contributed by atoms with Gasteiger partial charge < -0.3 is 15.7 Å². The lowest BCUT2D eigenvalue weighted by molar-refractivity contribution is -0.119. The van der Waals surface area contributed by atoms with Gasteiger partial charge >= 0.3 is 0 Å². The van der Waals surface area contributed by atoms with E-state index in [1.54, 1.807) is 23.6 Å². The number of fused-ring (bicyclic) bond motifs is 1. The fraction of sp³-hybridized carbons (Fsp3) is 0.429. The highest BCUT2D eigenvalue weighted by Crippen LogP contribution is 2.26. The zero-order valence-corrected chi connectivity index (χ0v) is 16.7. The molecule has 1 aliphatic rings. The fourth-order valence-corrected chi connectivity index (χ4v) is 3.99. The largest absolute Gasteiger partial charge is 0.508 e. The number of hydrogen-bond acceptors (Lipinski definition) is 6. The molecule has 1 amide bonds. The van der Waals surface area contributed by atoms with E-state index in [2.05, 4.69) is 20.8 Å². The van der Waals surface area contributed by atoms with Gasteiger partial charge in [-0.25, -0.2) is 0 Å². The van der Waals surface area contributed by atoms with Crippen LogP contribution in [0.4, 0.5) is 5.82 Å². The van der Waals surface area contributed by atoms with Gasteiger partial charge in [-0.3, -0.25) is 4.79 Å². The van der Waals surface area contributed by atoms with Crippen LogP contribution in [0.15, 0.2) is 36.4 Å². The van der Waals surface area contributed by atoms with Crippen LogP contribution in [0.2, 0.25) is 0 Å². The number of benzene rings is 1.